The summed E-state index contributed by atoms with van der Waals surface area (Å²) in [4.78, 5) is 25.3. The smallest absolute Gasteiger partial charge is 0.330 e. The first-order chi connectivity index (χ1) is 19.4. The first-order valence-electron chi connectivity index (χ1n) is 11.9. The minimum Gasteiger partial charge on any atom is -0.497 e. The van der Waals surface area contributed by atoms with Crippen molar-refractivity contribution in [2.24, 2.45) is 0 Å². The highest BCUT2D eigenvalue weighted by atomic mass is 32.5. The molecule has 1 fully saturated rings. The Hall–Kier alpha value is -3.20. The third-order valence-electron chi connectivity index (χ3n) is 6.35. The number of nitrogens with zero attached hydrogens (tertiary/aromatic N) is 1. The molecule has 0 bridgehead atoms. The third kappa shape index (κ3) is 6.50. The zero-order valence-electron chi connectivity index (χ0n) is 21.6. The summed E-state index contributed by atoms with van der Waals surface area (Å²) in [6, 6.07) is 13.0. The molecule has 1 unspecified atom stereocenters. The van der Waals surface area contributed by atoms with E-state index in [1.165, 1.54) is 26.4 Å². The fourth-order valence-corrected chi connectivity index (χ4v) is 6.67. The Morgan fingerprint density at radius 1 is 1.05 bits per heavy atom. The summed E-state index contributed by atoms with van der Waals surface area (Å²) in [5, 5.41) is 21.3. The number of halogens is 3. The molecule has 0 saturated carbocycles. The summed E-state index contributed by atoms with van der Waals surface area (Å²) in [5.74, 6) is -0.111. The Morgan fingerprint density at radius 3 is 2.17 bits per heavy atom. The zero-order chi connectivity index (χ0) is 29.9. The summed E-state index contributed by atoms with van der Waals surface area (Å²) >= 11 is 5.72. The molecule has 11 nitrogen and oxygen atoms in total. The Bertz CT molecular complexity index is 1470. The van der Waals surface area contributed by atoms with Crippen LogP contribution in [0.4, 0.5) is 13.2 Å². The lowest BCUT2D eigenvalue weighted by Crippen LogP contribution is -2.52. The summed E-state index contributed by atoms with van der Waals surface area (Å²) in [5.41, 5.74) is -4.91. The van der Waals surface area contributed by atoms with Crippen LogP contribution in [0.2, 0.25) is 0 Å². The number of aromatic nitrogens is 2. The number of hydrogen-bond donors (Lipinski definition) is 3. The number of nitrogens with one attached hydrogen (secondary N) is 1. The second-order valence-corrected chi connectivity index (χ2v) is 12.6. The van der Waals surface area contributed by atoms with Gasteiger partial charge in [-0.25, -0.2) is 13.6 Å². The summed E-state index contributed by atoms with van der Waals surface area (Å²) < 4.78 is 70.8. The topological polar surface area (TPSA) is 141 Å². The summed E-state index contributed by atoms with van der Waals surface area (Å²) in [6.07, 6.45) is -9.61. The number of aliphatic hydroxyl groups excluding tert-OH is 2. The largest absolute Gasteiger partial charge is 0.497 e. The number of methoxy groups -OCH3 is 2. The first-order valence-corrected chi connectivity index (χ1v) is 14.8. The van der Waals surface area contributed by atoms with E-state index in [0.717, 1.165) is 0 Å². The molecule has 1 aromatic heterocycles. The number of rotatable bonds is 11. The molecule has 3 aromatic rings. The molecule has 1 aliphatic rings. The number of hydrogen-bond acceptors (Lipinski definition) is 10. The van der Waals surface area contributed by atoms with Gasteiger partial charge >= 0.3 is 5.69 Å². The monoisotopic (exact) mass is 618 g/mol. The van der Waals surface area contributed by atoms with E-state index in [1.807, 2.05) is 0 Å². The fraction of sp³-hybridized carbons (Fsp3) is 0.360. The van der Waals surface area contributed by atoms with Gasteiger partial charge in [0.05, 0.1) is 33.2 Å². The van der Waals surface area contributed by atoms with Gasteiger partial charge < -0.3 is 33.5 Å². The van der Waals surface area contributed by atoms with Crippen LogP contribution in [0.5, 0.6) is 17.2 Å². The van der Waals surface area contributed by atoms with E-state index in [-0.39, 0.29) is 11.9 Å². The van der Waals surface area contributed by atoms with Crippen molar-refractivity contribution >= 4 is 18.3 Å². The molecule has 0 spiro atoms. The lowest BCUT2D eigenvalue weighted by atomic mass is 9.96. The van der Waals surface area contributed by atoms with E-state index in [4.69, 9.17) is 35.1 Å². The lowest BCUT2D eigenvalue weighted by molar-refractivity contribution is -0.192. The van der Waals surface area contributed by atoms with Crippen LogP contribution >= 0.6 is 6.49 Å². The molecule has 4 rings (SSSR count). The van der Waals surface area contributed by atoms with Gasteiger partial charge in [-0.05, 0) is 53.8 Å². The highest BCUT2D eigenvalue weighted by Gasteiger charge is 2.61. The number of H-pyrrole nitrogens is 1. The highest BCUT2D eigenvalue weighted by Crippen LogP contribution is 2.54. The van der Waals surface area contributed by atoms with Gasteiger partial charge in [0.15, 0.2) is 11.8 Å². The zero-order valence-corrected chi connectivity index (χ0v) is 23.3. The van der Waals surface area contributed by atoms with Crippen LogP contribution < -0.4 is 25.2 Å². The Kier molecular flexibility index (Phi) is 9.26. The standard InChI is InChI=1S/C25H26F3N2O9PS/c1-35-15-5-3-14(4-6-15)12-40(41,39-17-9-7-16(36-2)8-10-17)37-13-25(23(27)28)20(32)19(31)22(38-25)30-11-18(26)21(33)29-24(30)34/h3-11,19-20,22-23,31-32H,12-13H2,1-2H3,(H,29,33,34)/t19-,20+,22-,25-,40?/m1/s1. The van der Waals surface area contributed by atoms with Crippen LogP contribution in [0, 0.1) is 5.82 Å². The average Bonchev–Trinajstić information content (AvgIpc) is 3.21. The lowest BCUT2D eigenvalue weighted by Gasteiger charge is -2.33. The van der Waals surface area contributed by atoms with Crippen molar-refractivity contribution < 1.29 is 46.6 Å². The first kappa shape index (κ1) is 30.8. The quantitative estimate of drug-likeness (QED) is 0.275. The van der Waals surface area contributed by atoms with E-state index >= 15 is 0 Å². The second-order valence-electron chi connectivity index (χ2n) is 9.00. The number of aliphatic hydroxyl groups is 2. The molecule has 0 aliphatic carbocycles. The maximum Gasteiger partial charge on any atom is 0.330 e. The predicted octanol–water partition coefficient (Wildman–Crippen LogP) is 2.55. The van der Waals surface area contributed by atoms with Gasteiger partial charge in [0.25, 0.3) is 12.0 Å². The van der Waals surface area contributed by atoms with Crippen LogP contribution in [0.3, 0.4) is 0 Å². The molecular weight excluding hydrogens is 592 g/mol. The van der Waals surface area contributed by atoms with Crippen molar-refractivity contribution in [1.82, 2.24) is 9.55 Å². The molecule has 1 aliphatic heterocycles. The second kappa shape index (κ2) is 12.3. The highest BCUT2D eigenvalue weighted by molar-refractivity contribution is 8.09. The molecule has 5 atom stereocenters. The van der Waals surface area contributed by atoms with Gasteiger partial charge in [-0.3, -0.25) is 14.3 Å². The van der Waals surface area contributed by atoms with Crippen molar-refractivity contribution in [3.63, 3.8) is 0 Å². The molecule has 2 heterocycles. The molecule has 3 N–H and O–H groups in total. The molecule has 222 valence electrons. The third-order valence-corrected chi connectivity index (χ3v) is 9.04. The van der Waals surface area contributed by atoms with E-state index in [2.05, 4.69) is 0 Å². The Balaban J connectivity index is 1.65. The van der Waals surface area contributed by atoms with Crippen LogP contribution in [-0.2, 0) is 27.2 Å². The van der Waals surface area contributed by atoms with Gasteiger partial charge in [-0.2, -0.15) is 4.39 Å². The maximum atomic E-state index is 14.6. The Morgan fingerprint density at radius 2 is 1.61 bits per heavy atom. The molecule has 0 amide bonds. The van der Waals surface area contributed by atoms with E-state index in [9.17, 15) is 33.0 Å². The van der Waals surface area contributed by atoms with E-state index < -0.39 is 60.6 Å². The van der Waals surface area contributed by atoms with Crippen molar-refractivity contribution in [3.05, 3.63) is 86.9 Å². The van der Waals surface area contributed by atoms with Crippen molar-refractivity contribution in [2.75, 3.05) is 20.8 Å². The van der Waals surface area contributed by atoms with Gasteiger partial charge in [0, 0.05) is 0 Å². The summed E-state index contributed by atoms with van der Waals surface area (Å²) in [6.45, 7) is -4.62. The molecule has 1 saturated heterocycles. The van der Waals surface area contributed by atoms with Gasteiger partial charge in [0.2, 0.25) is 12.3 Å². The van der Waals surface area contributed by atoms with Crippen LogP contribution in [0.15, 0.2) is 64.3 Å². The summed E-state index contributed by atoms with van der Waals surface area (Å²) in [7, 11) is 2.96. The minimum atomic E-state index is -3.54. The van der Waals surface area contributed by atoms with Crippen molar-refractivity contribution in [3.8, 4) is 17.2 Å². The van der Waals surface area contributed by atoms with Crippen LogP contribution in [-0.4, -0.2) is 64.8 Å². The van der Waals surface area contributed by atoms with Gasteiger partial charge in [-0.1, -0.05) is 12.1 Å². The number of ether oxygens (including phenoxy) is 3. The normalized spacial score (nSPS) is 23.8. The van der Waals surface area contributed by atoms with Crippen molar-refractivity contribution in [1.29, 1.82) is 0 Å². The number of aromatic amines is 1. The predicted molar refractivity (Wildman–Crippen MR) is 143 cm³/mol. The molecule has 2 aromatic carbocycles. The molecule has 41 heavy (non-hydrogen) atoms. The van der Waals surface area contributed by atoms with Crippen LogP contribution in [0.1, 0.15) is 11.8 Å². The van der Waals surface area contributed by atoms with Gasteiger partial charge in [-0.15, -0.1) is 0 Å². The number of alkyl halides is 2. The Labute approximate surface area is 236 Å². The maximum absolute atomic E-state index is 14.6. The van der Waals surface area contributed by atoms with E-state index in [0.29, 0.717) is 27.8 Å². The SMILES string of the molecule is COc1ccc(CP(=S)(OC[C@@]2(C(F)F)O[C@@H](n3cc(F)c(=O)[nH]c3=O)[C@H](O)[C@@H]2O)Oc2ccc(OC)cc2)cc1. The van der Waals surface area contributed by atoms with Crippen molar-refractivity contribution in [2.45, 2.75) is 36.6 Å². The van der Waals surface area contributed by atoms with E-state index in [1.54, 1.807) is 41.4 Å². The fourth-order valence-electron chi connectivity index (χ4n) is 4.10. The van der Waals surface area contributed by atoms with Gasteiger partial charge in [0.1, 0.15) is 29.5 Å². The molecular formula is C25H26F3N2O9PS. The minimum absolute atomic E-state index is 0.0512. The van der Waals surface area contributed by atoms with Crippen LogP contribution in [0.25, 0.3) is 0 Å². The molecule has 16 heteroatoms. The molecule has 0 radical (unpaired) electrons. The average molecular weight is 619 g/mol. The number of benzene rings is 2.